The quantitative estimate of drug-likeness (QED) is 0.693. The van der Waals surface area contributed by atoms with Gasteiger partial charge < -0.3 is 10.4 Å². The van der Waals surface area contributed by atoms with E-state index in [0.717, 1.165) is 10.2 Å². The second-order valence-corrected chi connectivity index (χ2v) is 6.22. The number of carboxylic acid groups (broad SMARTS) is 1. The summed E-state index contributed by atoms with van der Waals surface area (Å²) in [5.74, 6) is -1.81. The van der Waals surface area contributed by atoms with Gasteiger partial charge in [-0.2, -0.15) is 10.2 Å². The largest absolute Gasteiger partial charge is 0.477 e. The summed E-state index contributed by atoms with van der Waals surface area (Å²) in [6.45, 7) is 0.364. The smallest absolute Gasteiger partial charge is 0.354 e. The van der Waals surface area contributed by atoms with E-state index in [4.69, 9.17) is 23.2 Å². The molecule has 2 aromatic heterocycles. The van der Waals surface area contributed by atoms with Crippen molar-refractivity contribution < 1.29 is 14.7 Å². The van der Waals surface area contributed by atoms with Gasteiger partial charge in [-0.3, -0.25) is 14.2 Å². The number of nitrogens with one attached hydrogen (secondary N) is 1. The van der Waals surface area contributed by atoms with Crippen LogP contribution in [0.2, 0.25) is 10.0 Å². The van der Waals surface area contributed by atoms with Crippen molar-refractivity contribution in [2.45, 2.75) is 6.54 Å². The molecule has 0 unspecified atom stereocenters. The standard InChI is InChI=1S/C16H13Cl2N5O3/c1-22-13(16(25)26)10(6-19-22)15(24)20-14-12(18)8-23(21-14)7-9-4-2-3-5-11(9)17/h2-6,8H,7H2,1H3,(H,25,26)(H,20,21,24). The zero-order valence-electron chi connectivity index (χ0n) is 13.5. The Balaban J connectivity index is 1.81. The molecule has 1 amide bonds. The maximum atomic E-state index is 12.4. The van der Waals surface area contributed by atoms with Crippen molar-refractivity contribution >= 4 is 40.9 Å². The number of carbonyl (C=O) groups is 2. The third-order valence-corrected chi connectivity index (χ3v) is 4.27. The van der Waals surface area contributed by atoms with Crippen molar-refractivity contribution in [3.05, 3.63) is 63.5 Å². The number of hydrogen-bond acceptors (Lipinski definition) is 4. The molecule has 0 radical (unpaired) electrons. The minimum Gasteiger partial charge on any atom is -0.477 e. The Bertz CT molecular complexity index is 996. The van der Waals surface area contributed by atoms with Crippen LogP contribution in [-0.4, -0.2) is 36.5 Å². The molecule has 134 valence electrons. The zero-order chi connectivity index (χ0) is 18.8. The molecule has 2 N–H and O–H groups in total. The topological polar surface area (TPSA) is 102 Å². The Hall–Kier alpha value is -2.84. The molecule has 0 fully saturated rings. The van der Waals surface area contributed by atoms with Crippen LogP contribution in [0.5, 0.6) is 0 Å². The maximum Gasteiger partial charge on any atom is 0.354 e. The lowest BCUT2D eigenvalue weighted by Gasteiger charge is -2.04. The lowest BCUT2D eigenvalue weighted by Crippen LogP contribution is -2.17. The summed E-state index contributed by atoms with van der Waals surface area (Å²) in [7, 11) is 1.44. The van der Waals surface area contributed by atoms with Crippen molar-refractivity contribution in [2.75, 3.05) is 5.32 Å². The highest BCUT2D eigenvalue weighted by Gasteiger charge is 2.23. The fraction of sp³-hybridized carbons (Fsp3) is 0.125. The van der Waals surface area contributed by atoms with Crippen LogP contribution in [0.1, 0.15) is 26.4 Å². The van der Waals surface area contributed by atoms with Crippen LogP contribution in [0.4, 0.5) is 5.82 Å². The number of carboxylic acids is 1. The summed E-state index contributed by atoms with van der Waals surface area (Å²) < 4.78 is 2.63. The van der Waals surface area contributed by atoms with Crippen LogP contribution in [0.3, 0.4) is 0 Å². The summed E-state index contributed by atoms with van der Waals surface area (Å²) in [5.41, 5.74) is 0.525. The molecular formula is C16H13Cl2N5O3. The number of aromatic nitrogens is 4. The van der Waals surface area contributed by atoms with E-state index in [2.05, 4.69) is 15.5 Å². The van der Waals surface area contributed by atoms with E-state index in [1.807, 2.05) is 18.2 Å². The third-order valence-electron chi connectivity index (χ3n) is 3.63. The van der Waals surface area contributed by atoms with Crippen LogP contribution in [0.25, 0.3) is 0 Å². The van der Waals surface area contributed by atoms with Gasteiger partial charge in [0.15, 0.2) is 11.5 Å². The Morgan fingerprint density at radius 2 is 1.96 bits per heavy atom. The van der Waals surface area contributed by atoms with Gasteiger partial charge in [0.05, 0.1) is 18.3 Å². The summed E-state index contributed by atoms with van der Waals surface area (Å²) in [4.78, 5) is 23.6. The number of nitrogens with zero attached hydrogens (tertiary/aromatic N) is 4. The second-order valence-electron chi connectivity index (χ2n) is 5.40. The van der Waals surface area contributed by atoms with Crippen molar-refractivity contribution in [2.24, 2.45) is 7.05 Å². The predicted octanol–water partition coefficient (Wildman–Crippen LogP) is 2.92. The molecule has 0 spiro atoms. The Morgan fingerprint density at radius 1 is 1.23 bits per heavy atom. The van der Waals surface area contributed by atoms with Crippen LogP contribution in [0.15, 0.2) is 36.7 Å². The van der Waals surface area contributed by atoms with Crippen molar-refractivity contribution in [3.8, 4) is 0 Å². The number of aryl methyl sites for hydroxylation is 1. The lowest BCUT2D eigenvalue weighted by molar-refractivity contribution is 0.0680. The fourth-order valence-corrected chi connectivity index (χ4v) is 2.79. The molecule has 0 atom stereocenters. The average molecular weight is 394 g/mol. The molecule has 0 aliphatic carbocycles. The van der Waals surface area contributed by atoms with E-state index < -0.39 is 11.9 Å². The summed E-state index contributed by atoms with van der Waals surface area (Å²) in [6.07, 6.45) is 2.72. The van der Waals surface area contributed by atoms with Crippen molar-refractivity contribution in [3.63, 3.8) is 0 Å². The molecule has 8 nitrogen and oxygen atoms in total. The molecule has 1 aromatic carbocycles. The Labute approximate surface area is 157 Å². The van der Waals surface area contributed by atoms with E-state index in [-0.39, 0.29) is 22.1 Å². The third kappa shape index (κ3) is 3.56. The van der Waals surface area contributed by atoms with E-state index in [0.29, 0.717) is 11.6 Å². The van der Waals surface area contributed by atoms with Gasteiger partial charge in [0, 0.05) is 18.3 Å². The molecule has 2 heterocycles. The van der Waals surface area contributed by atoms with Crippen LogP contribution < -0.4 is 5.32 Å². The summed E-state index contributed by atoms with van der Waals surface area (Å²) in [5, 5.41) is 20.5. The van der Waals surface area contributed by atoms with Gasteiger partial charge in [0.2, 0.25) is 0 Å². The van der Waals surface area contributed by atoms with Crippen LogP contribution >= 0.6 is 23.2 Å². The van der Waals surface area contributed by atoms with Crippen molar-refractivity contribution in [1.82, 2.24) is 19.6 Å². The second kappa shape index (κ2) is 7.19. The van der Waals surface area contributed by atoms with E-state index >= 15 is 0 Å². The highest BCUT2D eigenvalue weighted by molar-refractivity contribution is 6.33. The first-order valence-corrected chi connectivity index (χ1v) is 8.15. The molecule has 0 saturated carbocycles. The van der Waals surface area contributed by atoms with E-state index in [1.54, 1.807) is 12.3 Å². The van der Waals surface area contributed by atoms with Gasteiger partial charge in [0.1, 0.15) is 5.02 Å². The number of halogens is 2. The lowest BCUT2D eigenvalue weighted by atomic mass is 10.2. The number of amides is 1. The van der Waals surface area contributed by atoms with Gasteiger partial charge >= 0.3 is 5.97 Å². The summed E-state index contributed by atoms with van der Waals surface area (Å²) >= 11 is 12.2. The molecule has 0 bridgehead atoms. The number of carbonyl (C=O) groups excluding carboxylic acids is 1. The normalized spacial score (nSPS) is 10.7. The van der Waals surface area contributed by atoms with Crippen LogP contribution in [0, 0.1) is 0 Å². The van der Waals surface area contributed by atoms with Gasteiger partial charge in [-0.05, 0) is 11.6 Å². The minimum atomic E-state index is -1.26. The molecule has 3 rings (SSSR count). The summed E-state index contributed by atoms with van der Waals surface area (Å²) in [6, 6.07) is 7.29. The molecule has 26 heavy (non-hydrogen) atoms. The molecular weight excluding hydrogens is 381 g/mol. The van der Waals surface area contributed by atoms with Gasteiger partial charge in [-0.15, -0.1) is 0 Å². The number of anilines is 1. The monoisotopic (exact) mass is 393 g/mol. The average Bonchev–Trinajstić information content (AvgIpc) is 3.13. The van der Waals surface area contributed by atoms with Gasteiger partial charge in [-0.25, -0.2) is 4.79 Å². The van der Waals surface area contributed by atoms with Crippen molar-refractivity contribution in [1.29, 1.82) is 0 Å². The number of hydrogen-bond donors (Lipinski definition) is 2. The number of rotatable bonds is 5. The van der Waals surface area contributed by atoms with Gasteiger partial charge in [0.25, 0.3) is 5.91 Å². The van der Waals surface area contributed by atoms with Crippen LogP contribution in [-0.2, 0) is 13.6 Å². The molecule has 0 aliphatic rings. The zero-order valence-corrected chi connectivity index (χ0v) is 15.0. The highest BCUT2D eigenvalue weighted by atomic mass is 35.5. The molecule has 0 aliphatic heterocycles. The molecule has 3 aromatic rings. The fourth-order valence-electron chi connectivity index (χ4n) is 2.40. The number of benzene rings is 1. The predicted molar refractivity (Wildman–Crippen MR) is 95.9 cm³/mol. The SMILES string of the molecule is Cn1ncc(C(=O)Nc2nn(Cc3ccccc3Cl)cc2Cl)c1C(=O)O. The Kier molecular flexibility index (Phi) is 4.97. The maximum absolute atomic E-state index is 12.4. The van der Waals surface area contributed by atoms with E-state index in [1.165, 1.54) is 17.9 Å². The Morgan fingerprint density at radius 3 is 2.65 bits per heavy atom. The minimum absolute atomic E-state index is 0.0864. The first kappa shape index (κ1) is 18.0. The van der Waals surface area contributed by atoms with Gasteiger partial charge in [-0.1, -0.05) is 41.4 Å². The first-order chi connectivity index (χ1) is 12.4. The molecule has 10 heteroatoms. The van der Waals surface area contributed by atoms with E-state index in [9.17, 15) is 14.7 Å². The molecule has 0 saturated heterocycles. The number of aromatic carboxylic acids is 1. The highest BCUT2D eigenvalue weighted by Crippen LogP contribution is 2.23. The first-order valence-electron chi connectivity index (χ1n) is 7.40.